The third kappa shape index (κ3) is 3.91. The number of aliphatic imine (C=N–C) groups is 1. The van der Waals surface area contributed by atoms with Gasteiger partial charge in [0.1, 0.15) is 6.04 Å². The summed E-state index contributed by atoms with van der Waals surface area (Å²) in [5.41, 5.74) is 2.32. The lowest BCUT2D eigenvalue weighted by atomic mass is 9.96. The van der Waals surface area contributed by atoms with E-state index in [0.717, 1.165) is 22.4 Å². The highest BCUT2D eigenvalue weighted by molar-refractivity contribution is 8.14. The lowest BCUT2D eigenvalue weighted by Gasteiger charge is -2.27. The maximum atomic E-state index is 6.00. The molecule has 0 aliphatic carbocycles. The van der Waals surface area contributed by atoms with E-state index in [9.17, 15) is 0 Å². The molecule has 0 N–H and O–H groups in total. The second kappa shape index (κ2) is 8.05. The fraction of sp³-hybridized carbons (Fsp3) is 0.217. The molecular weight excluding hydrogens is 418 g/mol. The van der Waals surface area contributed by atoms with Gasteiger partial charge in [0.2, 0.25) is 0 Å². The predicted molar refractivity (Wildman–Crippen MR) is 123 cm³/mol. The average molecular weight is 438 g/mol. The van der Waals surface area contributed by atoms with Crippen LogP contribution in [0.5, 0.6) is 0 Å². The monoisotopic (exact) mass is 437 g/mol. The molecule has 2 aliphatic heterocycles. The van der Waals surface area contributed by atoms with Crippen molar-refractivity contribution in [3.05, 3.63) is 89.2 Å². The molecule has 0 saturated carbocycles. The zero-order valence-corrected chi connectivity index (χ0v) is 18.3. The Morgan fingerprint density at radius 3 is 2.41 bits per heavy atom. The van der Waals surface area contributed by atoms with E-state index in [4.69, 9.17) is 16.6 Å². The van der Waals surface area contributed by atoms with Gasteiger partial charge in [-0.25, -0.2) is 0 Å². The molecule has 1 fully saturated rings. The van der Waals surface area contributed by atoms with E-state index in [1.165, 1.54) is 15.4 Å². The summed E-state index contributed by atoms with van der Waals surface area (Å²) in [6.07, 6.45) is 1.86. The van der Waals surface area contributed by atoms with Gasteiger partial charge in [-0.05, 0) is 54.1 Å². The van der Waals surface area contributed by atoms with Crippen LogP contribution in [0.25, 0.3) is 0 Å². The Morgan fingerprint density at radius 1 is 1.00 bits per heavy atom. The molecule has 1 aromatic heterocycles. The van der Waals surface area contributed by atoms with Gasteiger partial charge in [0.05, 0.1) is 11.7 Å². The first-order chi connectivity index (χ1) is 14.2. The van der Waals surface area contributed by atoms with Crippen LogP contribution in [0.4, 0.5) is 0 Å². The third-order valence-electron chi connectivity index (χ3n) is 5.15. The van der Waals surface area contributed by atoms with E-state index < -0.39 is 0 Å². The van der Waals surface area contributed by atoms with Crippen LogP contribution in [-0.4, -0.2) is 26.8 Å². The molecule has 2 aliphatic rings. The van der Waals surface area contributed by atoms with Crippen molar-refractivity contribution in [2.45, 2.75) is 34.0 Å². The number of hydrogen-bond acceptors (Lipinski definition) is 5. The van der Waals surface area contributed by atoms with Gasteiger partial charge in [-0.3, -0.25) is 9.98 Å². The van der Waals surface area contributed by atoms with Crippen molar-refractivity contribution in [3.8, 4) is 0 Å². The lowest BCUT2D eigenvalue weighted by molar-refractivity contribution is 0.321. The number of aromatic nitrogens is 1. The number of thioether (sulfide) groups is 1. The van der Waals surface area contributed by atoms with Gasteiger partial charge in [0, 0.05) is 32.8 Å². The maximum Gasteiger partial charge on any atom is 0.160 e. The molecule has 3 aromatic rings. The van der Waals surface area contributed by atoms with Gasteiger partial charge in [-0.15, -0.1) is 0 Å². The van der Waals surface area contributed by atoms with Crippen LogP contribution in [0.1, 0.15) is 30.3 Å². The zero-order valence-electron chi connectivity index (χ0n) is 15.9. The molecule has 3 nitrogen and oxygen atoms in total. The number of benzene rings is 2. The van der Waals surface area contributed by atoms with Gasteiger partial charge in [-0.1, -0.05) is 60.2 Å². The molecule has 0 amide bonds. The number of pyridine rings is 1. The van der Waals surface area contributed by atoms with Crippen molar-refractivity contribution < 1.29 is 0 Å². The van der Waals surface area contributed by atoms with Crippen molar-refractivity contribution in [1.29, 1.82) is 0 Å². The molecule has 5 rings (SSSR count). The highest BCUT2D eigenvalue weighted by atomic mass is 35.5. The Kier molecular flexibility index (Phi) is 5.29. The molecule has 146 valence electrons. The van der Waals surface area contributed by atoms with E-state index >= 15 is 0 Å². The summed E-state index contributed by atoms with van der Waals surface area (Å²) >= 11 is 9.61. The Hall–Kier alpha value is -1.95. The second-order valence-corrected chi connectivity index (χ2v) is 10.3. The number of halogens is 1. The number of hydrogen-bond donors (Lipinski definition) is 0. The predicted octanol–water partition coefficient (Wildman–Crippen LogP) is 6.48. The van der Waals surface area contributed by atoms with Crippen molar-refractivity contribution in [3.63, 3.8) is 0 Å². The molecule has 0 spiro atoms. The van der Waals surface area contributed by atoms with Crippen LogP contribution < -0.4 is 0 Å². The summed E-state index contributed by atoms with van der Waals surface area (Å²) in [4.78, 5) is 14.5. The highest BCUT2D eigenvalue weighted by Crippen LogP contribution is 2.47. The van der Waals surface area contributed by atoms with Crippen LogP contribution >= 0.6 is 35.1 Å². The molecule has 6 heteroatoms. The first kappa shape index (κ1) is 19.0. The van der Waals surface area contributed by atoms with Crippen LogP contribution in [0.15, 0.2) is 87.7 Å². The van der Waals surface area contributed by atoms with E-state index in [2.05, 4.69) is 59.3 Å². The topological polar surface area (TPSA) is 28.5 Å². The fourth-order valence-electron chi connectivity index (χ4n) is 3.85. The van der Waals surface area contributed by atoms with Crippen molar-refractivity contribution >= 4 is 40.3 Å². The largest absolute Gasteiger partial charge is 0.341 e. The minimum absolute atomic E-state index is 0.0426. The summed E-state index contributed by atoms with van der Waals surface area (Å²) < 4.78 is 0. The minimum Gasteiger partial charge on any atom is -0.341 e. The number of nitrogens with zero attached hydrogens (tertiary/aromatic N) is 3. The lowest BCUT2D eigenvalue weighted by Crippen LogP contribution is -2.28. The molecule has 1 saturated heterocycles. The summed E-state index contributed by atoms with van der Waals surface area (Å²) in [6, 6.07) is 23.2. The second-order valence-electron chi connectivity index (χ2n) is 7.26. The minimum atomic E-state index is 0.0426. The van der Waals surface area contributed by atoms with Crippen molar-refractivity contribution in [1.82, 2.24) is 9.88 Å². The Bertz CT molecular complexity index is 1020. The van der Waals surface area contributed by atoms with Gasteiger partial charge < -0.3 is 4.90 Å². The van der Waals surface area contributed by atoms with Crippen LogP contribution in [0, 0.1) is 0 Å². The summed E-state index contributed by atoms with van der Waals surface area (Å²) in [6.45, 7) is 3.29. The summed E-state index contributed by atoms with van der Waals surface area (Å²) in [5, 5.41) is 2.48. The van der Waals surface area contributed by atoms with E-state index in [1.807, 2.05) is 42.2 Å². The number of amidine groups is 1. The molecular formula is C23H20ClN3S2. The molecule has 29 heavy (non-hydrogen) atoms. The van der Waals surface area contributed by atoms with E-state index in [-0.39, 0.29) is 12.1 Å². The first-order valence-electron chi connectivity index (χ1n) is 9.63. The summed E-state index contributed by atoms with van der Waals surface area (Å²) in [5.74, 6) is 0. The smallest absolute Gasteiger partial charge is 0.160 e. The van der Waals surface area contributed by atoms with E-state index in [1.54, 1.807) is 11.8 Å². The Labute approximate surface area is 184 Å². The number of rotatable bonds is 4. The van der Waals surface area contributed by atoms with Crippen LogP contribution in [0.3, 0.4) is 0 Å². The molecule has 0 radical (unpaired) electrons. The SMILES string of the molecule is C[C@H]1CN2C(=N[C@H](c3ccccn3)[C@@H]2c2ccc(Sc3ccc(Cl)cc3)cc2)S1. The Morgan fingerprint density at radius 2 is 1.72 bits per heavy atom. The number of fused-ring (bicyclic) bond motifs is 1. The molecule has 0 unspecified atom stereocenters. The standard InChI is InChI=1S/C23H20ClN3S2/c1-15-14-27-22(21(26-23(27)28-15)20-4-2-3-13-25-20)16-5-9-18(10-6-16)29-19-11-7-17(24)8-12-19/h2-13,15,21-22H,14H2,1H3/t15-,21+,22-/m0/s1. The zero-order chi connectivity index (χ0) is 19.8. The third-order valence-corrected chi connectivity index (χ3v) is 7.52. The van der Waals surface area contributed by atoms with E-state index in [0.29, 0.717) is 5.25 Å². The van der Waals surface area contributed by atoms with Crippen molar-refractivity contribution in [2.24, 2.45) is 4.99 Å². The van der Waals surface area contributed by atoms with Crippen LogP contribution in [0.2, 0.25) is 5.02 Å². The maximum absolute atomic E-state index is 6.00. The quantitative estimate of drug-likeness (QED) is 0.467. The fourth-order valence-corrected chi connectivity index (χ4v) is 5.89. The molecule has 3 heterocycles. The molecule has 2 aromatic carbocycles. The van der Waals surface area contributed by atoms with Gasteiger partial charge in [0.25, 0.3) is 0 Å². The van der Waals surface area contributed by atoms with Crippen LogP contribution in [-0.2, 0) is 0 Å². The van der Waals surface area contributed by atoms with Gasteiger partial charge in [0.15, 0.2) is 5.17 Å². The Balaban J connectivity index is 1.42. The van der Waals surface area contributed by atoms with Gasteiger partial charge in [-0.2, -0.15) is 0 Å². The molecule has 3 atom stereocenters. The van der Waals surface area contributed by atoms with Gasteiger partial charge >= 0.3 is 0 Å². The molecule has 0 bridgehead atoms. The highest BCUT2D eigenvalue weighted by Gasteiger charge is 2.43. The van der Waals surface area contributed by atoms with Crippen molar-refractivity contribution in [2.75, 3.05) is 6.54 Å². The first-order valence-corrected chi connectivity index (χ1v) is 11.7. The summed E-state index contributed by atoms with van der Waals surface area (Å²) in [7, 11) is 0. The normalized spacial score (nSPS) is 23.2. The average Bonchev–Trinajstić information content (AvgIpc) is 3.27.